The summed E-state index contributed by atoms with van der Waals surface area (Å²) in [6.07, 6.45) is 9.51. The molecular formula is C32H55N3O5S. The van der Waals surface area contributed by atoms with E-state index in [9.17, 15) is 24.9 Å². The van der Waals surface area contributed by atoms with Crippen LogP contribution < -0.4 is 5.32 Å². The Kier molecular flexibility index (Phi) is 13.5. The molecule has 0 aliphatic heterocycles. The number of rotatable bonds is 16. The quantitative estimate of drug-likeness (QED) is 0.220. The molecule has 4 N–H and O–H groups in total. The molecule has 0 aromatic carbocycles. The topological polar surface area (TPSA) is 123 Å². The van der Waals surface area contributed by atoms with Crippen LogP contribution in [0, 0.1) is 23.7 Å². The average Bonchev–Trinajstić information content (AvgIpc) is 3.61. The third kappa shape index (κ3) is 11.9. The second-order valence-electron chi connectivity index (χ2n) is 13.9. The highest BCUT2D eigenvalue weighted by Gasteiger charge is 2.35. The molecule has 1 aromatic rings. The number of nitrogens with one attached hydrogen (secondary N) is 1. The molecule has 2 aliphatic rings. The Morgan fingerprint density at radius 3 is 2.29 bits per heavy atom. The summed E-state index contributed by atoms with van der Waals surface area (Å²) in [7, 11) is 0. The van der Waals surface area contributed by atoms with E-state index in [1.54, 1.807) is 24.3 Å². The fourth-order valence-electron chi connectivity index (χ4n) is 6.67. The van der Waals surface area contributed by atoms with Crippen molar-refractivity contribution in [2.75, 3.05) is 13.1 Å². The van der Waals surface area contributed by atoms with Crippen LogP contribution >= 0.6 is 11.3 Å². The van der Waals surface area contributed by atoms with Crippen molar-refractivity contribution in [1.82, 2.24) is 15.2 Å². The highest BCUT2D eigenvalue weighted by Crippen LogP contribution is 2.30. The average molecular weight is 594 g/mol. The summed E-state index contributed by atoms with van der Waals surface area (Å²) in [5, 5.41) is 37.6. The molecule has 0 bridgehead atoms. The second-order valence-corrected chi connectivity index (χ2v) is 14.6. The fourth-order valence-corrected chi connectivity index (χ4v) is 7.24. The summed E-state index contributed by atoms with van der Waals surface area (Å²) in [6, 6.07) is -0.585. The molecule has 0 unspecified atom stereocenters. The van der Waals surface area contributed by atoms with Crippen molar-refractivity contribution in [3.63, 3.8) is 0 Å². The van der Waals surface area contributed by atoms with Crippen LogP contribution in [0.25, 0.3) is 0 Å². The van der Waals surface area contributed by atoms with Gasteiger partial charge in [0.05, 0.1) is 34.9 Å². The lowest BCUT2D eigenvalue weighted by Gasteiger charge is -2.34. The molecule has 2 saturated carbocycles. The van der Waals surface area contributed by atoms with Crippen molar-refractivity contribution >= 4 is 23.2 Å². The monoisotopic (exact) mass is 593 g/mol. The molecule has 2 fully saturated rings. The number of thiazole rings is 1. The van der Waals surface area contributed by atoms with Crippen LogP contribution in [0.3, 0.4) is 0 Å². The van der Waals surface area contributed by atoms with Crippen molar-refractivity contribution in [2.24, 2.45) is 23.7 Å². The number of amides is 2. The van der Waals surface area contributed by atoms with E-state index < -0.39 is 29.8 Å². The summed E-state index contributed by atoms with van der Waals surface area (Å²) in [5.74, 6) is -0.0689. The van der Waals surface area contributed by atoms with Gasteiger partial charge in [-0.25, -0.2) is 4.98 Å². The zero-order valence-corrected chi connectivity index (χ0v) is 26.6. The van der Waals surface area contributed by atoms with E-state index in [1.165, 1.54) is 17.8 Å². The van der Waals surface area contributed by atoms with E-state index in [0.29, 0.717) is 37.6 Å². The minimum atomic E-state index is -1.08. The lowest BCUT2D eigenvalue weighted by molar-refractivity contribution is -0.139. The predicted octanol–water partition coefficient (Wildman–Crippen LogP) is 4.70. The Balaban J connectivity index is 1.78. The molecule has 234 valence electrons. The van der Waals surface area contributed by atoms with E-state index in [1.807, 2.05) is 19.2 Å². The van der Waals surface area contributed by atoms with Crippen LogP contribution in [0.15, 0.2) is 10.9 Å². The number of hydrogen-bond donors (Lipinski definition) is 4. The Bertz CT molecular complexity index is 907. The van der Waals surface area contributed by atoms with Crippen molar-refractivity contribution in [3.8, 4) is 0 Å². The van der Waals surface area contributed by atoms with Gasteiger partial charge >= 0.3 is 0 Å². The summed E-state index contributed by atoms with van der Waals surface area (Å²) < 4.78 is 0. The van der Waals surface area contributed by atoms with E-state index >= 15 is 0 Å². The van der Waals surface area contributed by atoms with E-state index in [0.717, 1.165) is 57.1 Å². The Morgan fingerprint density at radius 1 is 1.07 bits per heavy atom. The molecule has 4 atom stereocenters. The van der Waals surface area contributed by atoms with Gasteiger partial charge in [0.2, 0.25) is 11.8 Å². The van der Waals surface area contributed by atoms with Crippen molar-refractivity contribution in [3.05, 3.63) is 16.6 Å². The first-order valence-corrected chi connectivity index (χ1v) is 16.9. The molecular weight excluding hydrogens is 538 g/mol. The number of nitrogens with zero attached hydrogens (tertiary/aromatic N) is 2. The summed E-state index contributed by atoms with van der Waals surface area (Å²) >= 11 is 1.46. The maximum Gasteiger partial charge on any atom is 0.224 e. The number of carbonyl (C=O) groups is 2. The SMILES string of the molecule is CC(C)C[C@H](O)[C@H](O)[C@H](CC1CCCCC1)NC(=O)[C@@H](CC(=O)N(CC1CCCC1)CC(C)(C)O)Cc1cscn1. The van der Waals surface area contributed by atoms with Crippen LogP contribution in [-0.2, 0) is 16.0 Å². The van der Waals surface area contributed by atoms with Crippen LogP contribution in [0.1, 0.15) is 110 Å². The predicted molar refractivity (Wildman–Crippen MR) is 163 cm³/mol. The van der Waals surface area contributed by atoms with Crippen molar-refractivity contribution < 1.29 is 24.9 Å². The van der Waals surface area contributed by atoms with Crippen molar-refractivity contribution in [1.29, 1.82) is 0 Å². The normalized spacial score (nSPS) is 20.1. The molecule has 2 amide bonds. The third-order valence-corrected chi connectivity index (χ3v) is 9.41. The van der Waals surface area contributed by atoms with Gasteiger partial charge < -0.3 is 25.5 Å². The number of aliphatic hydroxyl groups is 3. The molecule has 3 rings (SSSR count). The van der Waals surface area contributed by atoms with E-state index in [2.05, 4.69) is 10.3 Å². The van der Waals surface area contributed by atoms with Gasteiger partial charge in [-0.15, -0.1) is 11.3 Å². The van der Waals surface area contributed by atoms with Gasteiger partial charge in [-0.05, 0) is 57.3 Å². The summed E-state index contributed by atoms with van der Waals surface area (Å²) in [4.78, 5) is 33.8. The number of aromatic nitrogens is 1. The number of hydrogen-bond acceptors (Lipinski definition) is 7. The van der Waals surface area contributed by atoms with Gasteiger partial charge in [-0.1, -0.05) is 58.8 Å². The molecule has 2 aliphatic carbocycles. The van der Waals surface area contributed by atoms with Crippen LogP contribution in [-0.4, -0.2) is 74.0 Å². The molecule has 41 heavy (non-hydrogen) atoms. The van der Waals surface area contributed by atoms with Crippen LogP contribution in [0.4, 0.5) is 0 Å². The van der Waals surface area contributed by atoms with Gasteiger partial charge in [-0.3, -0.25) is 9.59 Å². The number of aliphatic hydroxyl groups excluding tert-OH is 2. The highest BCUT2D eigenvalue weighted by molar-refractivity contribution is 7.07. The standard InChI is InChI=1S/C32H55N3O5S/c1-22(2)14-28(36)30(38)27(15-23-10-6-5-7-11-23)34-31(39)25(16-26-19-41-21-33-26)17-29(37)35(20-32(3,4)40)18-24-12-8-9-13-24/h19,21-25,27-28,30,36,38,40H,5-18,20H2,1-4H3,(H,34,39)/t25-,27+,28+,30-/m1/s1. The van der Waals surface area contributed by atoms with E-state index in [-0.39, 0.29) is 30.7 Å². The first-order valence-electron chi connectivity index (χ1n) is 15.9. The number of carbonyl (C=O) groups excluding carboxylic acids is 2. The minimum Gasteiger partial charge on any atom is -0.390 e. The molecule has 9 heteroatoms. The first-order chi connectivity index (χ1) is 19.4. The van der Waals surface area contributed by atoms with Gasteiger partial charge in [0.1, 0.15) is 6.10 Å². The smallest absolute Gasteiger partial charge is 0.224 e. The fraction of sp³-hybridized carbons (Fsp3) is 0.844. The molecule has 1 heterocycles. The molecule has 0 spiro atoms. The lowest BCUT2D eigenvalue weighted by Crippen LogP contribution is -2.52. The zero-order valence-electron chi connectivity index (χ0n) is 25.8. The van der Waals surface area contributed by atoms with Gasteiger partial charge in [0.25, 0.3) is 0 Å². The van der Waals surface area contributed by atoms with Crippen LogP contribution in [0.2, 0.25) is 0 Å². The zero-order chi connectivity index (χ0) is 30.0. The van der Waals surface area contributed by atoms with Gasteiger partial charge in [0.15, 0.2) is 0 Å². The molecule has 1 aromatic heterocycles. The van der Waals surface area contributed by atoms with Crippen molar-refractivity contribution in [2.45, 2.75) is 135 Å². The first kappa shape index (κ1) is 33.9. The van der Waals surface area contributed by atoms with Gasteiger partial charge in [0, 0.05) is 31.3 Å². The third-order valence-electron chi connectivity index (χ3n) is 8.77. The second kappa shape index (κ2) is 16.3. The molecule has 0 saturated heterocycles. The Labute approximate surface area is 251 Å². The molecule has 0 radical (unpaired) electrons. The maximum absolute atomic E-state index is 13.9. The van der Waals surface area contributed by atoms with Gasteiger partial charge in [-0.2, -0.15) is 0 Å². The highest BCUT2D eigenvalue weighted by atomic mass is 32.1. The van der Waals surface area contributed by atoms with E-state index in [4.69, 9.17) is 0 Å². The Morgan fingerprint density at radius 2 is 1.71 bits per heavy atom. The summed E-state index contributed by atoms with van der Waals surface area (Å²) in [6.45, 7) is 8.24. The largest absolute Gasteiger partial charge is 0.390 e. The summed E-state index contributed by atoms with van der Waals surface area (Å²) in [5.41, 5.74) is 1.45. The van der Waals surface area contributed by atoms with Crippen LogP contribution in [0.5, 0.6) is 0 Å². The minimum absolute atomic E-state index is 0.00690. The Hall–Kier alpha value is -1.55. The molecule has 8 nitrogen and oxygen atoms in total. The lowest BCUT2D eigenvalue weighted by atomic mass is 9.82. The maximum atomic E-state index is 13.9.